The Labute approximate surface area is 154 Å². The molecule has 0 radical (unpaired) electrons. The maximum atomic E-state index is 12.5. The first-order chi connectivity index (χ1) is 12.6. The molecule has 130 valence electrons. The van der Waals surface area contributed by atoms with Crippen LogP contribution in [0.4, 0.5) is 5.69 Å². The number of benzene rings is 2. The Kier molecular flexibility index (Phi) is 5.15. The van der Waals surface area contributed by atoms with E-state index in [0.29, 0.717) is 27.7 Å². The molecule has 26 heavy (non-hydrogen) atoms. The zero-order valence-electron chi connectivity index (χ0n) is 13.8. The van der Waals surface area contributed by atoms with Crippen LogP contribution in [-0.4, -0.2) is 26.8 Å². The molecule has 1 unspecified atom stereocenters. The predicted octanol–water partition coefficient (Wildman–Crippen LogP) is 3.20. The Hall–Kier alpha value is -3.37. The van der Waals surface area contributed by atoms with Crippen LogP contribution in [0.1, 0.15) is 12.5 Å². The molecule has 3 aromatic rings. The second-order valence-electron chi connectivity index (χ2n) is 5.36. The molecule has 1 N–H and O–H groups in total. The first-order valence-corrected chi connectivity index (χ1v) is 8.07. The maximum Gasteiger partial charge on any atom is 0.265 e. The fraction of sp³-hybridized carbons (Fsp3) is 0.111. The molecule has 0 aliphatic rings. The van der Waals surface area contributed by atoms with Crippen molar-refractivity contribution in [2.24, 2.45) is 0 Å². The summed E-state index contributed by atoms with van der Waals surface area (Å²) in [7, 11) is 0. The Morgan fingerprint density at radius 2 is 2.15 bits per heavy atom. The minimum atomic E-state index is -0.827. The molecule has 7 nitrogen and oxygen atoms in total. The highest BCUT2D eigenvalue weighted by Gasteiger charge is 2.18. The van der Waals surface area contributed by atoms with Gasteiger partial charge in [-0.3, -0.25) is 4.79 Å². The van der Waals surface area contributed by atoms with E-state index in [0.717, 1.165) is 0 Å². The van der Waals surface area contributed by atoms with E-state index in [-0.39, 0.29) is 5.91 Å². The Bertz CT molecular complexity index is 966. The van der Waals surface area contributed by atoms with Crippen molar-refractivity contribution in [2.75, 3.05) is 5.32 Å². The predicted molar refractivity (Wildman–Crippen MR) is 96.2 cm³/mol. The van der Waals surface area contributed by atoms with Crippen molar-refractivity contribution in [3.05, 3.63) is 65.7 Å². The smallest absolute Gasteiger partial charge is 0.265 e. The Morgan fingerprint density at radius 3 is 2.88 bits per heavy atom. The number of nitrogens with one attached hydrogen (secondary N) is 1. The van der Waals surface area contributed by atoms with Gasteiger partial charge in [0.25, 0.3) is 5.91 Å². The average molecular weight is 368 g/mol. The molecule has 1 aromatic heterocycles. The second kappa shape index (κ2) is 7.68. The van der Waals surface area contributed by atoms with Gasteiger partial charge in [0.05, 0.1) is 16.9 Å². The van der Waals surface area contributed by atoms with Crippen LogP contribution in [0.2, 0.25) is 5.02 Å². The van der Waals surface area contributed by atoms with Crippen molar-refractivity contribution in [2.45, 2.75) is 13.0 Å². The van der Waals surface area contributed by atoms with Crippen molar-refractivity contribution >= 4 is 23.2 Å². The molecule has 2 aromatic carbocycles. The number of amides is 1. The van der Waals surface area contributed by atoms with Crippen molar-refractivity contribution in [3.63, 3.8) is 0 Å². The van der Waals surface area contributed by atoms with Crippen molar-refractivity contribution in [1.29, 1.82) is 5.26 Å². The zero-order chi connectivity index (χ0) is 18.5. The molecule has 0 aliphatic heterocycles. The summed E-state index contributed by atoms with van der Waals surface area (Å²) >= 11 is 6.05. The summed E-state index contributed by atoms with van der Waals surface area (Å²) in [5.74, 6) is -0.0402. The molecule has 1 amide bonds. The summed E-state index contributed by atoms with van der Waals surface area (Å²) < 4.78 is 7.15. The van der Waals surface area contributed by atoms with Crippen LogP contribution >= 0.6 is 11.6 Å². The van der Waals surface area contributed by atoms with Gasteiger partial charge in [-0.15, -0.1) is 0 Å². The first kappa shape index (κ1) is 17.5. The Balaban J connectivity index is 1.80. The highest BCUT2D eigenvalue weighted by Crippen LogP contribution is 2.25. The highest BCUT2D eigenvalue weighted by atomic mass is 35.5. The van der Waals surface area contributed by atoms with Gasteiger partial charge in [-0.2, -0.15) is 10.4 Å². The van der Waals surface area contributed by atoms with E-state index in [9.17, 15) is 4.79 Å². The number of hydrogen-bond donors (Lipinski definition) is 1. The van der Waals surface area contributed by atoms with Crippen LogP contribution in [0, 0.1) is 11.3 Å². The van der Waals surface area contributed by atoms with E-state index in [1.54, 1.807) is 49.4 Å². The lowest BCUT2D eigenvalue weighted by Gasteiger charge is -2.17. The number of rotatable bonds is 5. The number of nitriles is 1. The van der Waals surface area contributed by atoms with Crippen LogP contribution < -0.4 is 10.1 Å². The molecule has 0 saturated carbocycles. The van der Waals surface area contributed by atoms with Gasteiger partial charge in [-0.1, -0.05) is 23.7 Å². The van der Waals surface area contributed by atoms with E-state index in [2.05, 4.69) is 15.4 Å². The maximum absolute atomic E-state index is 12.5. The minimum absolute atomic E-state index is 0.347. The lowest BCUT2D eigenvalue weighted by molar-refractivity contribution is -0.122. The molecule has 3 rings (SSSR count). The second-order valence-corrected chi connectivity index (χ2v) is 5.80. The summed E-state index contributed by atoms with van der Waals surface area (Å²) in [6, 6.07) is 13.8. The number of ether oxygens (including phenoxy) is 1. The molecule has 1 atom stereocenters. The lowest BCUT2D eigenvalue weighted by atomic mass is 10.2. The van der Waals surface area contributed by atoms with Gasteiger partial charge in [-0.25, -0.2) is 9.67 Å². The standard InChI is InChI=1S/C18H14ClN5O2/c1-12(26-17-5-3-2-4-13(17)9-20)18(25)23-15-8-14(19)6-7-16(15)24-11-21-10-22-24/h2-8,10-12H,1H3,(H,23,25). The minimum Gasteiger partial charge on any atom is -0.480 e. The van der Waals surface area contributed by atoms with Crippen molar-refractivity contribution < 1.29 is 9.53 Å². The number of carbonyl (C=O) groups excluding carboxylic acids is 1. The fourth-order valence-electron chi connectivity index (χ4n) is 2.28. The fourth-order valence-corrected chi connectivity index (χ4v) is 2.45. The van der Waals surface area contributed by atoms with Crippen LogP contribution in [0.25, 0.3) is 5.69 Å². The normalized spacial score (nSPS) is 11.4. The molecule has 8 heteroatoms. The van der Waals surface area contributed by atoms with Crippen molar-refractivity contribution in [3.8, 4) is 17.5 Å². The van der Waals surface area contributed by atoms with Gasteiger partial charge < -0.3 is 10.1 Å². The van der Waals surface area contributed by atoms with Gasteiger partial charge in [0.1, 0.15) is 24.5 Å². The highest BCUT2D eigenvalue weighted by molar-refractivity contribution is 6.31. The van der Waals surface area contributed by atoms with Crippen LogP contribution in [-0.2, 0) is 4.79 Å². The number of aromatic nitrogens is 3. The van der Waals surface area contributed by atoms with Crippen LogP contribution in [0.15, 0.2) is 55.1 Å². The molecule has 0 fully saturated rings. The number of halogens is 1. The molecular weight excluding hydrogens is 354 g/mol. The summed E-state index contributed by atoms with van der Waals surface area (Å²) in [6.07, 6.45) is 2.08. The van der Waals surface area contributed by atoms with E-state index >= 15 is 0 Å². The summed E-state index contributed by atoms with van der Waals surface area (Å²) in [6.45, 7) is 1.60. The van der Waals surface area contributed by atoms with Crippen LogP contribution in [0.3, 0.4) is 0 Å². The zero-order valence-corrected chi connectivity index (χ0v) is 14.5. The monoisotopic (exact) mass is 367 g/mol. The van der Waals surface area contributed by atoms with Gasteiger partial charge in [0.15, 0.2) is 6.10 Å². The molecule has 1 heterocycles. The topological polar surface area (TPSA) is 92.8 Å². The number of anilines is 1. The van der Waals surface area contributed by atoms with Gasteiger partial charge in [0.2, 0.25) is 0 Å². The molecule has 0 spiro atoms. The summed E-state index contributed by atoms with van der Waals surface area (Å²) in [4.78, 5) is 16.4. The van der Waals surface area contributed by atoms with Gasteiger partial charge in [0, 0.05) is 5.02 Å². The quantitative estimate of drug-likeness (QED) is 0.747. The molecule has 0 saturated heterocycles. The van der Waals surface area contributed by atoms with Gasteiger partial charge in [-0.05, 0) is 37.3 Å². The SMILES string of the molecule is CC(Oc1ccccc1C#N)C(=O)Nc1cc(Cl)ccc1-n1cncn1. The summed E-state index contributed by atoms with van der Waals surface area (Å²) in [5, 5.41) is 16.4. The molecule has 0 bridgehead atoms. The van der Waals surface area contributed by atoms with E-state index in [1.807, 2.05) is 6.07 Å². The average Bonchev–Trinajstić information content (AvgIpc) is 3.16. The first-order valence-electron chi connectivity index (χ1n) is 7.69. The van der Waals surface area contributed by atoms with Crippen molar-refractivity contribution in [1.82, 2.24) is 14.8 Å². The van der Waals surface area contributed by atoms with Crippen LogP contribution in [0.5, 0.6) is 5.75 Å². The number of carbonyl (C=O) groups is 1. The van der Waals surface area contributed by atoms with E-state index in [1.165, 1.54) is 17.3 Å². The molecule has 0 aliphatic carbocycles. The van der Waals surface area contributed by atoms with Gasteiger partial charge >= 0.3 is 0 Å². The molecular formula is C18H14ClN5O2. The summed E-state index contributed by atoms with van der Waals surface area (Å²) in [5.41, 5.74) is 1.44. The van der Waals surface area contributed by atoms with E-state index < -0.39 is 6.10 Å². The third kappa shape index (κ3) is 3.82. The third-order valence-corrected chi connectivity index (χ3v) is 3.80. The lowest BCUT2D eigenvalue weighted by Crippen LogP contribution is -2.30. The number of nitrogens with zero attached hydrogens (tertiary/aromatic N) is 4. The Morgan fingerprint density at radius 1 is 1.35 bits per heavy atom. The van der Waals surface area contributed by atoms with E-state index in [4.69, 9.17) is 21.6 Å². The number of hydrogen-bond acceptors (Lipinski definition) is 5. The number of para-hydroxylation sites is 1. The third-order valence-electron chi connectivity index (χ3n) is 3.56. The largest absolute Gasteiger partial charge is 0.480 e.